The maximum absolute atomic E-state index is 5.97. The Labute approximate surface area is 112 Å². The van der Waals surface area contributed by atoms with Crippen LogP contribution in [-0.2, 0) is 0 Å². The lowest BCUT2D eigenvalue weighted by molar-refractivity contribution is 0.413. The molecule has 2 N–H and O–H groups in total. The van der Waals surface area contributed by atoms with E-state index in [1.807, 2.05) is 26.0 Å². The molecule has 2 aromatic rings. The van der Waals surface area contributed by atoms with Crippen LogP contribution in [0.1, 0.15) is 11.1 Å². The van der Waals surface area contributed by atoms with Gasteiger partial charge in [0.15, 0.2) is 0 Å². The molecular formula is C14H15ClN2O. The second kappa shape index (κ2) is 4.86. The van der Waals surface area contributed by atoms with Crippen molar-refractivity contribution < 1.29 is 4.74 Å². The third-order valence-electron chi connectivity index (χ3n) is 3.06. The maximum Gasteiger partial charge on any atom is 0.131 e. The Hall–Kier alpha value is -1.74. The molecule has 1 heterocycles. The molecule has 0 bridgehead atoms. The van der Waals surface area contributed by atoms with Crippen LogP contribution in [0.15, 0.2) is 24.4 Å². The van der Waals surface area contributed by atoms with Crippen molar-refractivity contribution in [2.24, 2.45) is 0 Å². The van der Waals surface area contributed by atoms with E-state index in [1.54, 1.807) is 13.2 Å². The fourth-order valence-electron chi connectivity index (χ4n) is 1.93. The number of aromatic nitrogens is 1. The number of nitrogens with zero attached hydrogens (tertiary/aromatic N) is 1. The van der Waals surface area contributed by atoms with Crippen molar-refractivity contribution in [1.29, 1.82) is 0 Å². The van der Waals surface area contributed by atoms with Gasteiger partial charge >= 0.3 is 0 Å². The molecule has 18 heavy (non-hydrogen) atoms. The van der Waals surface area contributed by atoms with Gasteiger partial charge in [0.2, 0.25) is 0 Å². The number of nitrogen functional groups attached to an aromatic ring is 1. The predicted octanol–water partition coefficient (Wildman–Crippen LogP) is 3.61. The standard InChI is InChI=1S/C14H15ClN2O/c1-8-4-5-11(13(18-3)9(8)2)12-6-10(15)7-17-14(12)16/h4-7H,1-3H3,(H2,16,17). The summed E-state index contributed by atoms with van der Waals surface area (Å²) in [6, 6.07) is 5.81. The SMILES string of the molecule is COc1c(-c2cc(Cl)cnc2N)ccc(C)c1C. The van der Waals surface area contributed by atoms with Crippen molar-refractivity contribution in [2.75, 3.05) is 12.8 Å². The minimum absolute atomic E-state index is 0.445. The first-order valence-electron chi connectivity index (χ1n) is 5.60. The van der Waals surface area contributed by atoms with E-state index in [0.29, 0.717) is 10.8 Å². The van der Waals surface area contributed by atoms with E-state index in [4.69, 9.17) is 22.1 Å². The Balaban J connectivity index is 2.71. The molecule has 0 aliphatic heterocycles. The number of anilines is 1. The van der Waals surface area contributed by atoms with E-state index in [0.717, 1.165) is 22.4 Å². The van der Waals surface area contributed by atoms with Gasteiger partial charge in [-0.1, -0.05) is 23.7 Å². The fourth-order valence-corrected chi connectivity index (χ4v) is 2.09. The maximum atomic E-state index is 5.97. The van der Waals surface area contributed by atoms with Gasteiger partial charge in [-0.15, -0.1) is 0 Å². The van der Waals surface area contributed by atoms with Crippen molar-refractivity contribution in [3.05, 3.63) is 40.5 Å². The molecule has 0 aliphatic rings. The van der Waals surface area contributed by atoms with E-state index in [9.17, 15) is 0 Å². The van der Waals surface area contributed by atoms with E-state index in [2.05, 4.69) is 4.98 Å². The number of hydrogen-bond donors (Lipinski definition) is 1. The zero-order valence-corrected chi connectivity index (χ0v) is 11.4. The summed E-state index contributed by atoms with van der Waals surface area (Å²) in [5, 5.41) is 0.555. The number of ether oxygens (including phenoxy) is 1. The lowest BCUT2D eigenvalue weighted by atomic mass is 9.99. The summed E-state index contributed by atoms with van der Waals surface area (Å²) in [5.74, 6) is 1.26. The highest BCUT2D eigenvalue weighted by atomic mass is 35.5. The van der Waals surface area contributed by atoms with Gasteiger partial charge in [0.25, 0.3) is 0 Å². The third kappa shape index (κ3) is 2.14. The van der Waals surface area contributed by atoms with Gasteiger partial charge in [0.1, 0.15) is 11.6 Å². The van der Waals surface area contributed by atoms with Gasteiger partial charge < -0.3 is 10.5 Å². The smallest absolute Gasteiger partial charge is 0.131 e. The summed E-state index contributed by atoms with van der Waals surface area (Å²) in [7, 11) is 1.65. The van der Waals surface area contributed by atoms with Crippen LogP contribution in [0, 0.1) is 13.8 Å². The van der Waals surface area contributed by atoms with Crippen molar-refractivity contribution in [3.63, 3.8) is 0 Å². The molecule has 0 aliphatic carbocycles. The molecule has 0 spiro atoms. The highest BCUT2D eigenvalue weighted by Crippen LogP contribution is 2.37. The first kappa shape index (κ1) is 12.7. The Bertz CT molecular complexity index is 597. The Morgan fingerprint density at radius 2 is 1.94 bits per heavy atom. The van der Waals surface area contributed by atoms with Crippen LogP contribution in [0.5, 0.6) is 5.75 Å². The normalized spacial score (nSPS) is 10.4. The van der Waals surface area contributed by atoms with Crippen molar-refractivity contribution in [2.45, 2.75) is 13.8 Å². The average Bonchev–Trinajstić information content (AvgIpc) is 2.35. The van der Waals surface area contributed by atoms with Crippen molar-refractivity contribution in [3.8, 4) is 16.9 Å². The first-order chi connectivity index (χ1) is 8.54. The number of aryl methyl sites for hydroxylation is 1. The number of pyridine rings is 1. The van der Waals surface area contributed by atoms with Crippen LogP contribution in [0.25, 0.3) is 11.1 Å². The Morgan fingerprint density at radius 3 is 2.61 bits per heavy atom. The van der Waals surface area contributed by atoms with Gasteiger partial charge in [-0.3, -0.25) is 0 Å². The van der Waals surface area contributed by atoms with Crippen LogP contribution >= 0.6 is 11.6 Å². The number of hydrogen-bond acceptors (Lipinski definition) is 3. The van der Waals surface area contributed by atoms with Crippen LogP contribution in [-0.4, -0.2) is 12.1 Å². The van der Waals surface area contributed by atoms with E-state index >= 15 is 0 Å². The molecule has 0 saturated heterocycles. The summed E-state index contributed by atoms with van der Waals surface area (Å²) in [4.78, 5) is 4.07. The van der Waals surface area contributed by atoms with Gasteiger partial charge in [-0.2, -0.15) is 0 Å². The van der Waals surface area contributed by atoms with Crippen LogP contribution < -0.4 is 10.5 Å². The van der Waals surface area contributed by atoms with Gasteiger partial charge in [-0.25, -0.2) is 4.98 Å². The molecule has 0 unspecified atom stereocenters. The van der Waals surface area contributed by atoms with Gasteiger partial charge in [-0.05, 0) is 31.0 Å². The molecule has 0 radical (unpaired) electrons. The zero-order chi connectivity index (χ0) is 13.3. The van der Waals surface area contributed by atoms with E-state index < -0.39 is 0 Å². The highest BCUT2D eigenvalue weighted by molar-refractivity contribution is 6.30. The fraction of sp³-hybridized carbons (Fsp3) is 0.214. The molecule has 94 valence electrons. The topological polar surface area (TPSA) is 48.1 Å². The molecule has 0 saturated carbocycles. The van der Waals surface area contributed by atoms with Crippen molar-refractivity contribution >= 4 is 17.4 Å². The lowest BCUT2D eigenvalue weighted by Crippen LogP contribution is -1.98. The van der Waals surface area contributed by atoms with Crippen molar-refractivity contribution in [1.82, 2.24) is 4.98 Å². The number of benzene rings is 1. The molecular weight excluding hydrogens is 248 g/mol. The molecule has 0 amide bonds. The van der Waals surface area contributed by atoms with Gasteiger partial charge in [0.05, 0.1) is 12.1 Å². The largest absolute Gasteiger partial charge is 0.496 e. The van der Waals surface area contributed by atoms with E-state index in [-0.39, 0.29) is 0 Å². The van der Waals surface area contributed by atoms with Gasteiger partial charge in [0, 0.05) is 17.3 Å². The Morgan fingerprint density at radius 1 is 1.22 bits per heavy atom. The average molecular weight is 263 g/mol. The summed E-state index contributed by atoms with van der Waals surface area (Å²) < 4.78 is 5.48. The summed E-state index contributed by atoms with van der Waals surface area (Å²) >= 11 is 5.97. The summed E-state index contributed by atoms with van der Waals surface area (Å²) in [5.41, 5.74) is 9.87. The number of nitrogens with two attached hydrogens (primary N) is 1. The quantitative estimate of drug-likeness (QED) is 0.899. The molecule has 1 aromatic heterocycles. The summed E-state index contributed by atoms with van der Waals surface area (Å²) in [6.45, 7) is 4.06. The minimum atomic E-state index is 0.445. The molecule has 0 fully saturated rings. The second-order valence-electron chi connectivity index (χ2n) is 4.17. The number of halogens is 1. The lowest BCUT2D eigenvalue weighted by Gasteiger charge is -2.14. The number of methoxy groups -OCH3 is 1. The molecule has 3 nitrogen and oxygen atoms in total. The molecule has 0 atom stereocenters. The van der Waals surface area contributed by atoms with E-state index in [1.165, 1.54) is 11.8 Å². The monoisotopic (exact) mass is 262 g/mol. The van der Waals surface area contributed by atoms with Crippen LogP contribution in [0.4, 0.5) is 5.82 Å². The number of rotatable bonds is 2. The third-order valence-corrected chi connectivity index (χ3v) is 3.26. The molecule has 1 aromatic carbocycles. The van der Waals surface area contributed by atoms with Crippen LogP contribution in [0.2, 0.25) is 5.02 Å². The minimum Gasteiger partial charge on any atom is -0.496 e. The Kier molecular flexibility index (Phi) is 3.43. The zero-order valence-electron chi connectivity index (χ0n) is 10.6. The van der Waals surface area contributed by atoms with Crippen LogP contribution in [0.3, 0.4) is 0 Å². The predicted molar refractivity (Wildman–Crippen MR) is 75.1 cm³/mol. The highest BCUT2D eigenvalue weighted by Gasteiger charge is 2.13. The molecule has 4 heteroatoms. The summed E-state index contributed by atoms with van der Waals surface area (Å²) in [6.07, 6.45) is 1.54. The first-order valence-corrected chi connectivity index (χ1v) is 5.98. The second-order valence-corrected chi connectivity index (χ2v) is 4.61. The molecule has 2 rings (SSSR count).